The molecule has 3 aliphatic rings. The summed E-state index contributed by atoms with van der Waals surface area (Å²) in [6.07, 6.45) is 3.80. The number of fused-ring (bicyclic) bond motifs is 1. The smallest absolute Gasteiger partial charge is 0.230 e. The van der Waals surface area contributed by atoms with Gasteiger partial charge < -0.3 is 15.2 Å². The summed E-state index contributed by atoms with van der Waals surface area (Å²) in [7, 11) is 0. The number of hydrogen-bond acceptors (Lipinski definition) is 6. The number of pyridine rings is 1. The molecule has 1 aromatic heterocycles. The molecule has 3 fully saturated rings. The highest BCUT2D eigenvalue weighted by Gasteiger charge is 2.45. The number of piperidine rings is 1. The lowest BCUT2D eigenvalue weighted by atomic mass is 9.85. The molecule has 8 heteroatoms. The van der Waals surface area contributed by atoms with Gasteiger partial charge in [0.15, 0.2) is 0 Å². The van der Waals surface area contributed by atoms with Gasteiger partial charge in [-0.25, -0.2) is 4.98 Å². The average molecular weight is 455 g/mol. The van der Waals surface area contributed by atoms with Crippen LogP contribution in [0, 0.1) is 23.2 Å². The number of aliphatic hydroxyl groups is 1. The van der Waals surface area contributed by atoms with Crippen molar-refractivity contribution in [3.05, 3.63) is 35.0 Å². The Balaban J connectivity index is 1.31. The van der Waals surface area contributed by atoms with Gasteiger partial charge >= 0.3 is 0 Å². The van der Waals surface area contributed by atoms with Gasteiger partial charge in [-0.1, -0.05) is 11.6 Å². The maximum Gasteiger partial charge on any atom is 0.230 e. The number of carbonyl (C=O) groups is 1. The number of hydrogen-bond donors (Lipinski definition) is 2. The van der Waals surface area contributed by atoms with Crippen molar-refractivity contribution < 1.29 is 14.6 Å². The van der Waals surface area contributed by atoms with Gasteiger partial charge in [0.2, 0.25) is 5.91 Å². The van der Waals surface area contributed by atoms with E-state index in [1.54, 1.807) is 6.20 Å². The first kappa shape index (κ1) is 21.6. The molecule has 2 aromatic rings. The molecule has 0 spiro atoms. The number of amides is 1. The first-order valence-corrected chi connectivity index (χ1v) is 11.6. The summed E-state index contributed by atoms with van der Waals surface area (Å²) < 4.78 is 5.51. The summed E-state index contributed by atoms with van der Waals surface area (Å²) in [4.78, 5) is 19.0. The highest BCUT2D eigenvalue weighted by molar-refractivity contribution is 6.32. The third-order valence-corrected chi connectivity index (χ3v) is 7.75. The molecule has 2 aliphatic heterocycles. The number of likely N-dealkylation sites (tertiary alicyclic amines) is 1. The summed E-state index contributed by atoms with van der Waals surface area (Å²) in [6.45, 7) is 4.81. The minimum absolute atomic E-state index is 0.142. The van der Waals surface area contributed by atoms with Gasteiger partial charge in [0.1, 0.15) is 5.82 Å². The standard InChI is InChI=1S/C24H27ClN4O3/c1-24(13-32-12-21(24)30)29-4-2-14(3-5-29)18-6-15-9-22(27-11-17(15)8-20(18)25)28-23(31)19-7-16(19)10-26/h6,8-9,11,14,16,19,21,30H,2-5,7,12-13H2,1H3,(H,27,28,31)/t16-,19+,21+,24-/m1/s1. The van der Waals surface area contributed by atoms with E-state index in [-0.39, 0.29) is 23.3 Å². The summed E-state index contributed by atoms with van der Waals surface area (Å²) in [5.74, 6) is 0.286. The number of nitrogens with one attached hydrogen (secondary N) is 1. The van der Waals surface area contributed by atoms with Crippen LogP contribution < -0.4 is 5.32 Å². The van der Waals surface area contributed by atoms with Gasteiger partial charge in [-0.3, -0.25) is 9.69 Å². The molecule has 0 bridgehead atoms. The highest BCUT2D eigenvalue weighted by atomic mass is 35.5. The molecule has 0 unspecified atom stereocenters. The molecule has 2 N–H and O–H groups in total. The summed E-state index contributed by atoms with van der Waals surface area (Å²) >= 11 is 6.65. The molecule has 2 saturated heterocycles. The molecule has 1 amide bonds. The topological polar surface area (TPSA) is 98.5 Å². The zero-order valence-corrected chi connectivity index (χ0v) is 18.8. The molecule has 1 aliphatic carbocycles. The van der Waals surface area contributed by atoms with Crippen molar-refractivity contribution in [2.75, 3.05) is 31.6 Å². The fourth-order valence-electron chi connectivity index (χ4n) is 5.07. The fraction of sp³-hybridized carbons (Fsp3) is 0.542. The first-order valence-electron chi connectivity index (χ1n) is 11.2. The summed E-state index contributed by atoms with van der Waals surface area (Å²) in [6, 6.07) is 8.07. The number of halogens is 1. The van der Waals surface area contributed by atoms with Gasteiger partial charge in [-0.05, 0) is 74.3 Å². The van der Waals surface area contributed by atoms with Crippen LogP contribution >= 0.6 is 11.6 Å². The second kappa shape index (κ2) is 8.27. The monoisotopic (exact) mass is 454 g/mol. The van der Waals surface area contributed by atoms with Crippen LogP contribution in [-0.4, -0.2) is 58.8 Å². The average Bonchev–Trinajstić information content (AvgIpc) is 3.51. The van der Waals surface area contributed by atoms with Crippen molar-refractivity contribution in [2.24, 2.45) is 11.8 Å². The SMILES string of the molecule is C[C@@]1(N2CCC(c3cc4cc(NC(=O)[C@H]5C[C@@H]5C#N)ncc4cc3Cl)CC2)COC[C@@H]1O. The van der Waals surface area contributed by atoms with Crippen LogP contribution in [0.2, 0.25) is 5.02 Å². The van der Waals surface area contributed by atoms with E-state index >= 15 is 0 Å². The van der Waals surface area contributed by atoms with Crippen LogP contribution in [0.1, 0.15) is 37.7 Å². The van der Waals surface area contributed by atoms with E-state index in [4.69, 9.17) is 21.6 Å². The normalized spacial score (nSPS) is 30.9. The molecule has 0 radical (unpaired) electrons. The molecular formula is C24H27ClN4O3. The maximum absolute atomic E-state index is 12.3. The van der Waals surface area contributed by atoms with Crippen LogP contribution in [0.3, 0.4) is 0 Å². The quantitative estimate of drug-likeness (QED) is 0.735. The van der Waals surface area contributed by atoms with E-state index in [0.29, 0.717) is 31.4 Å². The van der Waals surface area contributed by atoms with E-state index in [1.807, 2.05) is 12.1 Å². The molecule has 4 atom stereocenters. The van der Waals surface area contributed by atoms with Crippen molar-refractivity contribution in [3.8, 4) is 6.07 Å². The molecule has 3 heterocycles. The lowest BCUT2D eigenvalue weighted by molar-refractivity contribution is -0.117. The largest absolute Gasteiger partial charge is 0.389 e. The van der Waals surface area contributed by atoms with Gasteiger partial charge in [0.05, 0.1) is 42.8 Å². The van der Waals surface area contributed by atoms with E-state index in [9.17, 15) is 9.90 Å². The van der Waals surface area contributed by atoms with Crippen molar-refractivity contribution in [3.63, 3.8) is 0 Å². The zero-order chi connectivity index (χ0) is 22.5. The lowest BCUT2D eigenvalue weighted by Gasteiger charge is -2.43. The van der Waals surface area contributed by atoms with Crippen LogP contribution in [0.5, 0.6) is 0 Å². The maximum atomic E-state index is 12.3. The number of aromatic nitrogens is 1. The van der Waals surface area contributed by atoms with E-state index in [1.165, 1.54) is 0 Å². The van der Waals surface area contributed by atoms with Crippen molar-refractivity contribution in [1.29, 1.82) is 5.26 Å². The number of anilines is 1. The van der Waals surface area contributed by atoms with Gasteiger partial charge in [-0.2, -0.15) is 5.26 Å². The van der Waals surface area contributed by atoms with Crippen LogP contribution in [0.4, 0.5) is 5.82 Å². The molecule has 5 rings (SSSR count). The van der Waals surface area contributed by atoms with Crippen LogP contribution in [0.25, 0.3) is 10.8 Å². The first-order chi connectivity index (χ1) is 15.4. The molecule has 7 nitrogen and oxygen atoms in total. The highest BCUT2D eigenvalue weighted by Crippen LogP contribution is 2.40. The van der Waals surface area contributed by atoms with E-state index in [2.05, 4.69) is 34.3 Å². The summed E-state index contributed by atoms with van der Waals surface area (Å²) in [5.41, 5.74) is 0.797. The van der Waals surface area contributed by atoms with Crippen molar-refractivity contribution in [1.82, 2.24) is 9.88 Å². The zero-order valence-electron chi connectivity index (χ0n) is 18.1. The van der Waals surface area contributed by atoms with Gasteiger partial charge in [0.25, 0.3) is 0 Å². The Morgan fingerprint density at radius 3 is 2.78 bits per heavy atom. The minimum atomic E-state index is -0.455. The number of rotatable bonds is 4. The van der Waals surface area contributed by atoms with Crippen LogP contribution in [0.15, 0.2) is 24.4 Å². The van der Waals surface area contributed by atoms with E-state index in [0.717, 1.165) is 47.3 Å². The predicted molar refractivity (Wildman–Crippen MR) is 121 cm³/mol. The summed E-state index contributed by atoms with van der Waals surface area (Å²) in [5, 5.41) is 24.8. The predicted octanol–water partition coefficient (Wildman–Crippen LogP) is 3.32. The molecule has 1 saturated carbocycles. The van der Waals surface area contributed by atoms with Gasteiger partial charge in [0, 0.05) is 16.6 Å². The number of benzene rings is 1. The number of nitriles is 1. The van der Waals surface area contributed by atoms with Gasteiger partial charge in [-0.15, -0.1) is 0 Å². The minimum Gasteiger partial charge on any atom is -0.389 e. The third kappa shape index (κ3) is 3.86. The number of carbonyl (C=O) groups excluding carboxylic acids is 1. The van der Waals surface area contributed by atoms with Crippen molar-refractivity contribution in [2.45, 2.75) is 43.7 Å². The second-order valence-electron chi connectivity index (χ2n) is 9.51. The Morgan fingerprint density at radius 2 is 2.12 bits per heavy atom. The molecule has 32 heavy (non-hydrogen) atoms. The Kier molecular flexibility index (Phi) is 5.58. The lowest BCUT2D eigenvalue weighted by Crippen LogP contribution is -2.56. The number of ether oxygens (including phenoxy) is 1. The van der Waals surface area contributed by atoms with Crippen LogP contribution in [-0.2, 0) is 9.53 Å². The number of nitrogens with zero attached hydrogens (tertiary/aromatic N) is 3. The third-order valence-electron chi connectivity index (χ3n) is 7.43. The Bertz CT molecular complexity index is 1090. The molecule has 168 valence electrons. The molecule has 1 aromatic carbocycles. The number of aliphatic hydroxyl groups excluding tert-OH is 1. The molecular weight excluding hydrogens is 428 g/mol. The Hall–Kier alpha value is -2.24. The second-order valence-corrected chi connectivity index (χ2v) is 9.91. The van der Waals surface area contributed by atoms with E-state index < -0.39 is 6.10 Å². The Labute approximate surface area is 192 Å². The van der Waals surface area contributed by atoms with Crippen molar-refractivity contribution >= 4 is 34.1 Å². The fourth-order valence-corrected chi connectivity index (χ4v) is 5.39. The Morgan fingerprint density at radius 1 is 1.34 bits per heavy atom.